The predicted molar refractivity (Wildman–Crippen MR) is 157 cm³/mol. The standard InChI is InChI=1S/C30H36F3N7O5/c1-3-44-25(41)7-5-19-4-6-22(40-11-8-18(2)38-40)20(14-19)26(30(31,32)33)45-24-15-23(36-28(34)37-24)39-12-9-29(10-13-39)16-21(27(42)43)35-17-29/h4,6,8,11,14-15,21,26,35H,3,5,7,9-10,12-13,16-17H2,1-2H3,(H,42,43)(H2,34,36,37)/t21?,26-/m1/s1. The first-order valence-corrected chi connectivity index (χ1v) is 14.8. The summed E-state index contributed by atoms with van der Waals surface area (Å²) in [5.74, 6) is -1.61. The van der Waals surface area contributed by atoms with Gasteiger partial charge in [0.2, 0.25) is 17.9 Å². The minimum atomic E-state index is -4.87. The van der Waals surface area contributed by atoms with Gasteiger partial charge in [-0.15, -0.1) is 0 Å². The van der Waals surface area contributed by atoms with Gasteiger partial charge in [-0.05, 0) is 68.7 Å². The second-order valence-corrected chi connectivity index (χ2v) is 11.5. The summed E-state index contributed by atoms with van der Waals surface area (Å²) in [4.78, 5) is 33.5. The Bertz CT molecular complexity index is 1540. The number of nitrogens with zero attached hydrogens (tertiary/aromatic N) is 5. The number of carbonyl (C=O) groups is 2. The minimum absolute atomic E-state index is 0.000989. The number of hydrogen-bond donors (Lipinski definition) is 3. The van der Waals surface area contributed by atoms with E-state index < -0.39 is 30.3 Å². The van der Waals surface area contributed by atoms with Crippen LogP contribution in [0.2, 0.25) is 0 Å². The maximum absolute atomic E-state index is 14.8. The molecule has 0 bridgehead atoms. The molecule has 0 aliphatic carbocycles. The fraction of sp³-hybridized carbons (Fsp3) is 0.500. The van der Waals surface area contributed by atoms with Crippen LogP contribution in [0.4, 0.5) is 24.9 Å². The van der Waals surface area contributed by atoms with Gasteiger partial charge in [0.15, 0.2) is 0 Å². The molecule has 4 heterocycles. The summed E-state index contributed by atoms with van der Waals surface area (Å²) in [6.07, 6.45) is -3.73. The van der Waals surface area contributed by atoms with Crippen molar-refractivity contribution in [2.45, 2.75) is 64.3 Å². The van der Waals surface area contributed by atoms with Gasteiger partial charge in [-0.1, -0.05) is 6.07 Å². The molecule has 0 saturated carbocycles. The first kappa shape index (κ1) is 32.0. The Labute approximate surface area is 257 Å². The second kappa shape index (κ2) is 12.9. The van der Waals surface area contributed by atoms with E-state index >= 15 is 0 Å². The molecule has 1 spiro atoms. The molecule has 1 aromatic carbocycles. The maximum atomic E-state index is 14.8. The van der Waals surface area contributed by atoms with Crippen molar-refractivity contribution in [3.63, 3.8) is 0 Å². The molecule has 15 heteroatoms. The molecule has 0 radical (unpaired) electrons. The van der Waals surface area contributed by atoms with Crippen LogP contribution in [0, 0.1) is 12.3 Å². The zero-order valence-corrected chi connectivity index (χ0v) is 25.0. The van der Waals surface area contributed by atoms with Gasteiger partial charge in [0.25, 0.3) is 0 Å². The molecule has 2 aliphatic heterocycles. The molecule has 12 nitrogen and oxygen atoms in total. The Morgan fingerprint density at radius 3 is 2.58 bits per heavy atom. The molecular weight excluding hydrogens is 595 g/mol. The third-order valence-electron chi connectivity index (χ3n) is 8.32. The van der Waals surface area contributed by atoms with E-state index in [-0.39, 0.29) is 47.9 Å². The highest BCUT2D eigenvalue weighted by Crippen LogP contribution is 2.42. The Hall–Kier alpha value is -4.40. The first-order chi connectivity index (χ1) is 21.4. The van der Waals surface area contributed by atoms with E-state index in [1.807, 2.05) is 4.90 Å². The number of alkyl halides is 3. The average molecular weight is 632 g/mol. The number of benzene rings is 1. The van der Waals surface area contributed by atoms with Gasteiger partial charge in [-0.3, -0.25) is 9.59 Å². The second-order valence-electron chi connectivity index (χ2n) is 11.5. The van der Waals surface area contributed by atoms with Crippen molar-refractivity contribution in [2.75, 3.05) is 36.9 Å². The third kappa shape index (κ3) is 7.47. The number of anilines is 2. The Balaban J connectivity index is 1.42. The fourth-order valence-corrected chi connectivity index (χ4v) is 5.97. The van der Waals surface area contributed by atoms with E-state index in [1.165, 1.54) is 22.9 Å². The van der Waals surface area contributed by atoms with E-state index in [0.29, 0.717) is 56.0 Å². The highest BCUT2D eigenvalue weighted by Gasteiger charge is 2.46. The number of carboxylic acids is 1. The largest absolute Gasteiger partial charge is 0.480 e. The number of esters is 1. The Kier molecular flexibility index (Phi) is 9.18. The van der Waals surface area contributed by atoms with Gasteiger partial charge in [-0.2, -0.15) is 28.2 Å². The third-order valence-corrected chi connectivity index (χ3v) is 8.32. The topological polar surface area (TPSA) is 158 Å². The number of aromatic nitrogens is 4. The molecule has 2 aliphatic rings. The summed E-state index contributed by atoms with van der Waals surface area (Å²) in [6, 6.07) is 6.93. The van der Waals surface area contributed by atoms with Gasteiger partial charge >= 0.3 is 18.1 Å². The summed E-state index contributed by atoms with van der Waals surface area (Å²) >= 11 is 0. The number of ether oxygens (including phenoxy) is 2. The van der Waals surface area contributed by atoms with Crippen LogP contribution in [-0.4, -0.2) is 75.3 Å². The summed E-state index contributed by atoms with van der Waals surface area (Å²) in [5, 5.41) is 16.7. The fourth-order valence-electron chi connectivity index (χ4n) is 5.97. The molecule has 2 saturated heterocycles. The van der Waals surface area contributed by atoms with Crippen molar-refractivity contribution in [2.24, 2.45) is 5.41 Å². The maximum Gasteiger partial charge on any atom is 0.429 e. The van der Waals surface area contributed by atoms with Crippen LogP contribution in [0.1, 0.15) is 55.5 Å². The molecular formula is C30H36F3N7O5. The van der Waals surface area contributed by atoms with Gasteiger partial charge in [-0.25, -0.2) is 4.68 Å². The van der Waals surface area contributed by atoms with Crippen LogP contribution < -0.4 is 20.7 Å². The summed E-state index contributed by atoms with van der Waals surface area (Å²) in [5.41, 5.74) is 6.82. The van der Waals surface area contributed by atoms with Crippen LogP contribution in [0.5, 0.6) is 5.88 Å². The number of carbonyl (C=O) groups excluding carboxylic acids is 1. The molecule has 45 heavy (non-hydrogen) atoms. The van der Waals surface area contributed by atoms with Gasteiger partial charge in [0, 0.05) is 43.9 Å². The monoisotopic (exact) mass is 631 g/mol. The van der Waals surface area contributed by atoms with Crippen molar-refractivity contribution >= 4 is 23.7 Å². The molecule has 2 fully saturated rings. The van der Waals surface area contributed by atoms with Crippen LogP contribution >= 0.6 is 0 Å². The molecule has 5 rings (SSSR count). The lowest BCUT2D eigenvalue weighted by atomic mass is 9.76. The van der Waals surface area contributed by atoms with Crippen LogP contribution in [0.3, 0.4) is 0 Å². The summed E-state index contributed by atoms with van der Waals surface area (Å²) in [6.45, 7) is 5.22. The van der Waals surface area contributed by atoms with Gasteiger partial charge < -0.3 is 30.5 Å². The zero-order valence-electron chi connectivity index (χ0n) is 25.0. The number of nitrogens with one attached hydrogen (secondary N) is 1. The number of nitrogen functional groups attached to an aromatic ring is 1. The number of nitrogens with two attached hydrogens (primary N) is 1. The molecule has 4 N–H and O–H groups in total. The smallest absolute Gasteiger partial charge is 0.429 e. The molecule has 2 aromatic heterocycles. The van der Waals surface area contributed by atoms with Gasteiger partial charge in [0.05, 0.1) is 18.0 Å². The highest BCUT2D eigenvalue weighted by molar-refractivity contribution is 5.74. The number of halogens is 3. The zero-order chi connectivity index (χ0) is 32.4. The SMILES string of the molecule is CCOC(=O)CCc1ccc(-n2ccc(C)n2)c([C@@H](Oc2cc(N3CCC4(CC3)CNC(C(=O)O)C4)nc(N)n2)C(F)(F)F)c1. The number of aliphatic carboxylic acids is 1. The Morgan fingerprint density at radius 2 is 1.96 bits per heavy atom. The lowest BCUT2D eigenvalue weighted by Crippen LogP contribution is -2.41. The highest BCUT2D eigenvalue weighted by atomic mass is 19.4. The number of hydrogen-bond acceptors (Lipinski definition) is 10. The Morgan fingerprint density at radius 1 is 1.20 bits per heavy atom. The van der Waals surface area contributed by atoms with E-state index in [9.17, 15) is 27.9 Å². The lowest BCUT2D eigenvalue weighted by molar-refractivity contribution is -0.198. The number of piperidine rings is 1. The summed E-state index contributed by atoms with van der Waals surface area (Å²) in [7, 11) is 0. The van der Waals surface area contributed by atoms with Crippen molar-refractivity contribution in [3.8, 4) is 11.6 Å². The van der Waals surface area contributed by atoms with E-state index in [2.05, 4.69) is 20.4 Å². The number of aryl methyl sites for hydroxylation is 2. The average Bonchev–Trinajstić information content (AvgIpc) is 3.61. The van der Waals surface area contributed by atoms with Crippen molar-refractivity contribution in [3.05, 3.63) is 53.3 Å². The lowest BCUT2D eigenvalue weighted by Gasteiger charge is -2.39. The van der Waals surface area contributed by atoms with Crippen LogP contribution in [-0.2, 0) is 20.7 Å². The summed E-state index contributed by atoms with van der Waals surface area (Å²) < 4.78 is 56.3. The molecule has 242 valence electrons. The molecule has 0 amide bonds. The van der Waals surface area contributed by atoms with Crippen LogP contribution in [0.15, 0.2) is 36.5 Å². The van der Waals surface area contributed by atoms with E-state index in [4.69, 9.17) is 15.2 Å². The number of carboxylic acid groups (broad SMARTS) is 1. The van der Waals surface area contributed by atoms with Crippen molar-refractivity contribution in [1.82, 2.24) is 25.1 Å². The van der Waals surface area contributed by atoms with E-state index in [0.717, 1.165) is 0 Å². The number of rotatable bonds is 10. The van der Waals surface area contributed by atoms with Crippen LogP contribution in [0.25, 0.3) is 5.69 Å². The van der Waals surface area contributed by atoms with Crippen molar-refractivity contribution < 1.29 is 37.3 Å². The quantitative estimate of drug-likeness (QED) is 0.280. The molecule has 2 atom stereocenters. The molecule has 3 aromatic rings. The molecule has 1 unspecified atom stereocenters. The van der Waals surface area contributed by atoms with E-state index in [1.54, 1.807) is 32.2 Å². The van der Waals surface area contributed by atoms with Crippen molar-refractivity contribution in [1.29, 1.82) is 0 Å². The van der Waals surface area contributed by atoms with Gasteiger partial charge in [0.1, 0.15) is 11.9 Å². The normalized spacial score (nSPS) is 18.6. The minimum Gasteiger partial charge on any atom is -0.480 e. The predicted octanol–water partition coefficient (Wildman–Crippen LogP) is 3.76. The first-order valence-electron chi connectivity index (χ1n) is 14.8.